The molecule has 0 bridgehead atoms. The normalized spacial score (nSPS) is 11.9. The number of rotatable bonds is 8. The highest BCUT2D eigenvalue weighted by Crippen LogP contribution is 1.93. The van der Waals surface area contributed by atoms with Crippen LogP contribution in [0.4, 0.5) is 0 Å². The third-order valence-corrected chi connectivity index (χ3v) is 1.82. The summed E-state index contributed by atoms with van der Waals surface area (Å²) in [6.07, 6.45) is -0.599. The molecule has 0 spiro atoms. The summed E-state index contributed by atoms with van der Waals surface area (Å²) in [5, 5.41) is 12.2. The molecule has 6 nitrogen and oxygen atoms in total. The van der Waals surface area contributed by atoms with Crippen molar-refractivity contribution < 1.29 is 24.2 Å². The van der Waals surface area contributed by atoms with E-state index in [-0.39, 0.29) is 25.4 Å². The molecule has 0 aromatic heterocycles. The molecule has 0 aromatic carbocycles. The van der Waals surface area contributed by atoms with Crippen LogP contribution in [0.25, 0.3) is 0 Å². The van der Waals surface area contributed by atoms with Gasteiger partial charge in [0.2, 0.25) is 0 Å². The second kappa shape index (κ2) is 9.11. The minimum atomic E-state index is -0.795. The van der Waals surface area contributed by atoms with Crippen molar-refractivity contribution in [3.8, 4) is 0 Å². The van der Waals surface area contributed by atoms with Crippen LogP contribution >= 0.6 is 0 Å². The number of carbonyl (C=O) groups excluding carboxylic acids is 2. The molecule has 94 valence electrons. The maximum absolute atomic E-state index is 11.0. The predicted octanol–water partition coefficient (Wildman–Crippen LogP) is -0.547. The van der Waals surface area contributed by atoms with Crippen molar-refractivity contribution in [2.24, 2.45) is 0 Å². The average molecular weight is 233 g/mol. The molecule has 0 aliphatic rings. The minimum Gasteiger partial charge on any atom is -0.469 e. The van der Waals surface area contributed by atoms with Crippen LogP contribution in [-0.2, 0) is 19.1 Å². The van der Waals surface area contributed by atoms with Crippen molar-refractivity contribution in [2.45, 2.75) is 25.9 Å². The number of nitrogens with one attached hydrogen (secondary N) is 1. The third-order valence-electron chi connectivity index (χ3n) is 1.82. The number of esters is 2. The zero-order valence-corrected chi connectivity index (χ0v) is 9.69. The zero-order chi connectivity index (χ0) is 12.4. The summed E-state index contributed by atoms with van der Waals surface area (Å²) in [7, 11) is 1.32. The van der Waals surface area contributed by atoms with Crippen molar-refractivity contribution in [3.05, 3.63) is 0 Å². The van der Waals surface area contributed by atoms with E-state index in [9.17, 15) is 14.7 Å². The second-order valence-electron chi connectivity index (χ2n) is 3.19. The third kappa shape index (κ3) is 8.19. The van der Waals surface area contributed by atoms with Gasteiger partial charge in [0.05, 0.1) is 32.7 Å². The fourth-order valence-corrected chi connectivity index (χ4v) is 1.05. The lowest BCUT2D eigenvalue weighted by atomic mass is 10.2. The molecule has 0 saturated carbocycles. The fraction of sp³-hybridized carbons (Fsp3) is 0.800. The zero-order valence-electron chi connectivity index (χ0n) is 9.69. The molecule has 0 aliphatic heterocycles. The van der Waals surface area contributed by atoms with E-state index >= 15 is 0 Å². The largest absolute Gasteiger partial charge is 0.469 e. The van der Waals surface area contributed by atoms with Crippen LogP contribution in [0.15, 0.2) is 0 Å². The molecule has 0 saturated heterocycles. The van der Waals surface area contributed by atoms with E-state index in [1.165, 1.54) is 7.11 Å². The predicted molar refractivity (Wildman–Crippen MR) is 56.8 cm³/mol. The molecule has 0 fully saturated rings. The number of carbonyl (C=O) groups is 2. The van der Waals surface area contributed by atoms with Crippen molar-refractivity contribution in [1.29, 1.82) is 0 Å². The Kier molecular flexibility index (Phi) is 8.46. The Bertz CT molecular complexity index is 219. The Morgan fingerprint density at radius 3 is 2.62 bits per heavy atom. The van der Waals surface area contributed by atoms with Crippen LogP contribution in [-0.4, -0.2) is 50.0 Å². The molecule has 0 aliphatic carbocycles. The number of methoxy groups -OCH3 is 1. The molecule has 0 rings (SSSR count). The fourth-order valence-electron chi connectivity index (χ4n) is 1.05. The van der Waals surface area contributed by atoms with Gasteiger partial charge in [-0.3, -0.25) is 9.59 Å². The maximum atomic E-state index is 11.0. The first kappa shape index (κ1) is 14.9. The van der Waals surface area contributed by atoms with E-state index in [0.717, 1.165) is 0 Å². The molecule has 16 heavy (non-hydrogen) atoms. The molecule has 1 unspecified atom stereocenters. The summed E-state index contributed by atoms with van der Waals surface area (Å²) in [5.74, 6) is -0.739. The highest BCUT2D eigenvalue weighted by molar-refractivity contribution is 5.70. The van der Waals surface area contributed by atoms with Crippen LogP contribution in [0.3, 0.4) is 0 Å². The van der Waals surface area contributed by atoms with Crippen LogP contribution in [0.5, 0.6) is 0 Å². The van der Waals surface area contributed by atoms with Crippen LogP contribution in [0, 0.1) is 0 Å². The van der Waals surface area contributed by atoms with Crippen molar-refractivity contribution in [2.75, 3.05) is 26.8 Å². The molecule has 0 radical (unpaired) electrons. The van der Waals surface area contributed by atoms with Crippen molar-refractivity contribution >= 4 is 11.9 Å². The number of ether oxygens (including phenoxy) is 2. The smallest absolute Gasteiger partial charge is 0.308 e. The monoisotopic (exact) mass is 233 g/mol. The van der Waals surface area contributed by atoms with E-state index in [1.54, 1.807) is 6.92 Å². The first-order chi connectivity index (χ1) is 7.60. The van der Waals surface area contributed by atoms with Gasteiger partial charge in [0.1, 0.15) is 0 Å². The van der Waals surface area contributed by atoms with Crippen LogP contribution < -0.4 is 5.32 Å². The summed E-state index contributed by atoms with van der Waals surface area (Å²) in [4.78, 5) is 21.7. The number of aliphatic hydroxyl groups is 1. The van der Waals surface area contributed by atoms with E-state index in [2.05, 4.69) is 14.8 Å². The first-order valence-electron chi connectivity index (χ1n) is 5.21. The van der Waals surface area contributed by atoms with E-state index in [4.69, 9.17) is 0 Å². The summed E-state index contributed by atoms with van der Waals surface area (Å²) in [6.45, 7) is 2.67. The Morgan fingerprint density at radius 2 is 2.06 bits per heavy atom. The van der Waals surface area contributed by atoms with Gasteiger partial charge in [0.25, 0.3) is 0 Å². The lowest BCUT2D eigenvalue weighted by Crippen LogP contribution is -2.30. The highest BCUT2D eigenvalue weighted by Gasteiger charge is 2.11. The molecule has 1 atom stereocenters. The Labute approximate surface area is 94.9 Å². The standard InChI is InChI=1S/C10H19NO5/c1-3-16-10(14)6-8(12)7-11-5-4-9(13)15-2/h8,11-12H,3-7H2,1-2H3. The summed E-state index contributed by atoms with van der Waals surface area (Å²) >= 11 is 0. The van der Waals surface area contributed by atoms with Crippen LogP contribution in [0.1, 0.15) is 19.8 Å². The Hall–Kier alpha value is -1.14. The Balaban J connectivity index is 3.46. The summed E-state index contributed by atoms with van der Waals surface area (Å²) < 4.78 is 9.11. The van der Waals surface area contributed by atoms with E-state index in [0.29, 0.717) is 13.2 Å². The topological polar surface area (TPSA) is 84.9 Å². The van der Waals surface area contributed by atoms with Gasteiger partial charge < -0.3 is 19.9 Å². The van der Waals surface area contributed by atoms with Gasteiger partial charge in [-0.1, -0.05) is 0 Å². The molecular formula is C10H19NO5. The highest BCUT2D eigenvalue weighted by atomic mass is 16.5. The van der Waals surface area contributed by atoms with Crippen molar-refractivity contribution in [1.82, 2.24) is 5.32 Å². The number of hydrogen-bond donors (Lipinski definition) is 2. The molecule has 0 amide bonds. The molecule has 2 N–H and O–H groups in total. The van der Waals surface area contributed by atoms with Gasteiger partial charge in [0.15, 0.2) is 0 Å². The quantitative estimate of drug-likeness (QED) is 0.432. The summed E-state index contributed by atoms with van der Waals surface area (Å²) in [6, 6.07) is 0. The first-order valence-corrected chi connectivity index (χ1v) is 5.21. The molecule has 0 aromatic rings. The SMILES string of the molecule is CCOC(=O)CC(O)CNCCC(=O)OC. The van der Waals surface area contributed by atoms with Gasteiger partial charge >= 0.3 is 11.9 Å². The number of hydrogen-bond acceptors (Lipinski definition) is 6. The Morgan fingerprint density at radius 1 is 1.38 bits per heavy atom. The number of aliphatic hydroxyl groups excluding tert-OH is 1. The lowest BCUT2D eigenvalue weighted by Gasteiger charge is -2.10. The average Bonchev–Trinajstić information content (AvgIpc) is 2.24. The minimum absolute atomic E-state index is 0.0426. The van der Waals surface area contributed by atoms with E-state index < -0.39 is 12.1 Å². The maximum Gasteiger partial charge on any atom is 0.308 e. The molecular weight excluding hydrogens is 214 g/mol. The van der Waals surface area contributed by atoms with Gasteiger partial charge in [-0.05, 0) is 6.92 Å². The van der Waals surface area contributed by atoms with Gasteiger partial charge in [-0.15, -0.1) is 0 Å². The summed E-state index contributed by atoms with van der Waals surface area (Å²) in [5.41, 5.74) is 0. The second-order valence-corrected chi connectivity index (χ2v) is 3.19. The lowest BCUT2D eigenvalue weighted by molar-refractivity contribution is -0.145. The van der Waals surface area contributed by atoms with Crippen LogP contribution in [0.2, 0.25) is 0 Å². The van der Waals surface area contributed by atoms with Gasteiger partial charge in [0, 0.05) is 13.1 Å². The van der Waals surface area contributed by atoms with Crippen molar-refractivity contribution in [3.63, 3.8) is 0 Å². The molecule has 6 heteroatoms. The molecule has 0 heterocycles. The van der Waals surface area contributed by atoms with Gasteiger partial charge in [-0.25, -0.2) is 0 Å². The van der Waals surface area contributed by atoms with E-state index in [1.807, 2.05) is 0 Å². The van der Waals surface area contributed by atoms with Gasteiger partial charge in [-0.2, -0.15) is 0 Å².